The molecule has 0 spiro atoms. The van der Waals surface area contributed by atoms with Gasteiger partial charge in [0.15, 0.2) is 5.78 Å². The molecule has 1 heterocycles. The van der Waals surface area contributed by atoms with E-state index in [0.717, 1.165) is 31.2 Å². The molecule has 2 aromatic carbocycles. The second kappa shape index (κ2) is 25.4. The Morgan fingerprint density at radius 2 is 1.34 bits per heavy atom. The monoisotopic (exact) mass is 829 g/mol. The predicted molar refractivity (Wildman–Crippen MR) is 214 cm³/mol. The third-order valence-corrected chi connectivity index (χ3v) is 9.20. The molecule has 17 heteroatoms. The first-order chi connectivity index (χ1) is 27.7. The van der Waals surface area contributed by atoms with Crippen LogP contribution in [-0.4, -0.2) is 107 Å². The quantitative estimate of drug-likeness (QED) is 0.0595. The molecule has 0 saturated carbocycles. The van der Waals surface area contributed by atoms with E-state index >= 15 is 0 Å². The van der Waals surface area contributed by atoms with Crippen molar-refractivity contribution in [1.82, 2.24) is 10.3 Å². The lowest BCUT2D eigenvalue weighted by molar-refractivity contribution is -0.155. The molecule has 58 heavy (non-hydrogen) atoms. The van der Waals surface area contributed by atoms with Crippen LogP contribution in [0.2, 0.25) is 0 Å². The summed E-state index contributed by atoms with van der Waals surface area (Å²) in [5.41, 5.74) is 0.909. The molecule has 3 N–H and O–H groups in total. The molecule has 0 aliphatic rings. The van der Waals surface area contributed by atoms with E-state index in [1.54, 1.807) is 12.1 Å². The molecule has 1 aromatic heterocycles. The molecule has 3 rings (SSSR count). The number of benzene rings is 2. The number of ketones is 1. The number of esters is 1. The summed E-state index contributed by atoms with van der Waals surface area (Å²) in [6.45, 7) is 6.77. The molecule has 1 amide bonds. The lowest BCUT2D eigenvalue weighted by atomic mass is 10.1. The number of carboxylic acids is 1. The molecule has 0 aliphatic heterocycles. The van der Waals surface area contributed by atoms with E-state index in [2.05, 4.69) is 15.0 Å². The summed E-state index contributed by atoms with van der Waals surface area (Å²) in [5.74, 6) is -0.606. The zero-order valence-corrected chi connectivity index (χ0v) is 34.2. The van der Waals surface area contributed by atoms with Crippen LogP contribution in [0.15, 0.2) is 71.8 Å². The Balaban J connectivity index is 1.27. The molecule has 16 nitrogen and oxygen atoms in total. The highest BCUT2D eigenvalue weighted by atomic mass is 32.2. The molecular formula is C41H55N3O13S. The number of nitrogens with zero attached hydrogens (tertiary/aromatic N) is 1. The Kier molecular flexibility index (Phi) is 20.8. The minimum atomic E-state index is -3.97. The van der Waals surface area contributed by atoms with Gasteiger partial charge < -0.3 is 38.8 Å². The largest absolute Gasteiger partial charge is 0.480 e. The van der Waals surface area contributed by atoms with Crippen LogP contribution in [0, 0.1) is 0 Å². The summed E-state index contributed by atoms with van der Waals surface area (Å²) < 4.78 is 60.5. The fraction of sp³-hybridized carbons (Fsp3) is 0.488. The number of ether oxygens (including phenoxy) is 6. The van der Waals surface area contributed by atoms with Gasteiger partial charge in [0.2, 0.25) is 0 Å². The van der Waals surface area contributed by atoms with E-state index in [4.69, 9.17) is 33.5 Å². The fourth-order valence-electron chi connectivity index (χ4n) is 5.07. The van der Waals surface area contributed by atoms with Crippen LogP contribution in [0.1, 0.15) is 75.2 Å². The van der Waals surface area contributed by atoms with Gasteiger partial charge in [-0.05, 0) is 101 Å². The van der Waals surface area contributed by atoms with Crippen molar-refractivity contribution in [1.29, 1.82) is 0 Å². The number of unbranched alkanes of at least 4 members (excludes halogenated alkanes) is 2. The van der Waals surface area contributed by atoms with E-state index in [0.29, 0.717) is 30.9 Å². The van der Waals surface area contributed by atoms with Gasteiger partial charge in [0.1, 0.15) is 36.1 Å². The Morgan fingerprint density at radius 1 is 0.707 bits per heavy atom. The van der Waals surface area contributed by atoms with Crippen LogP contribution < -0.4 is 14.8 Å². The third-order valence-electron chi connectivity index (χ3n) is 7.83. The van der Waals surface area contributed by atoms with Crippen LogP contribution in [0.4, 0.5) is 5.82 Å². The van der Waals surface area contributed by atoms with Gasteiger partial charge in [-0.25, -0.2) is 18.2 Å². The number of amides is 1. The maximum absolute atomic E-state index is 13.0. The van der Waals surface area contributed by atoms with Crippen molar-refractivity contribution in [2.24, 2.45) is 0 Å². The van der Waals surface area contributed by atoms with E-state index in [1.807, 2.05) is 45.0 Å². The zero-order valence-electron chi connectivity index (χ0n) is 33.4. The van der Waals surface area contributed by atoms with Crippen molar-refractivity contribution in [2.75, 3.05) is 64.1 Å². The number of nitrogens with one attached hydrogen (secondary N) is 2. The number of aliphatic carboxylic acids is 1. The fourth-order valence-corrected chi connectivity index (χ4v) is 6.08. The number of hydrogen-bond acceptors (Lipinski definition) is 13. The van der Waals surface area contributed by atoms with E-state index in [1.165, 1.54) is 30.5 Å². The number of carboxylic acid groups (broad SMARTS) is 1. The first kappa shape index (κ1) is 47.4. The number of carbonyl (C=O) groups excluding carboxylic acids is 3. The lowest BCUT2D eigenvalue weighted by Crippen LogP contribution is -2.28. The Labute approximate surface area is 340 Å². The number of aromatic nitrogens is 1. The molecule has 0 unspecified atom stereocenters. The molecule has 0 bridgehead atoms. The summed E-state index contributed by atoms with van der Waals surface area (Å²) in [6.07, 6.45) is 6.00. The molecule has 0 aliphatic carbocycles. The minimum Gasteiger partial charge on any atom is -0.480 e. The molecule has 0 saturated heterocycles. The average Bonchev–Trinajstić information content (AvgIpc) is 3.17. The number of hydrogen-bond donors (Lipinski definition) is 3. The maximum atomic E-state index is 13.0. The highest BCUT2D eigenvalue weighted by Crippen LogP contribution is 2.25. The standard InChI is InChI=1S/C41H55N3O13S/c1-41(2,3)57-39(48)10-6-4-5-8-31-11-14-34(15-12-31)56-35-16-18-36(19-17-35)58(50,51)44-37-20-13-32(28-43-37)40(49)42-21-23-53-25-26-54-29-33(45)9-7-22-52-24-27-55-30-38(46)47/h11-20,28H,4-10,21-27,29-30H2,1-3H3,(H,42,49)(H,43,44)(H,46,47). The molecular weight excluding hydrogens is 775 g/mol. The van der Waals surface area contributed by atoms with Gasteiger partial charge in [-0.1, -0.05) is 18.6 Å². The smallest absolute Gasteiger partial charge is 0.329 e. The van der Waals surface area contributed by atoms with Crippen LogP contribution in [0.5, 0.6) is 11.5 Å². The van der Waals surface area contributed by atoms with Gasteiger partial charge in [-0.15, -0.1) is 0 Å². The molecule has 0 fully saturated rings. The Bertz CT molecular complexity index is 1810. The molecule has 0 radical (unpaired) electrons. The summed E-state index contributed by atoms with van der Waals surface area (Å²) in [7, 11) is -3.97. The predicted octanol–water partition coefficient (Wildman–Crippen LogP) is 5.35. The average molecular weight is 830 g/mol. The van der Waals surface area contributed by atoms with Crippen LogP contribution in [0.3, 0.4) is 0 Å². The van der Waals surface area contributed by atoms with Gasteiger partial charge >= 0.3 is 11.9 Å². The van der Waals surface area contributed by atoms with Gasteiger partial charge in [0.05, 0.1) is 43.5 Å². The Morgan fingerprint density at radius 3 is 1.98 bits per heavy atom. The van der Waals surface area contributed by atoms with Crippen molar-refractivity contribution in [3.8, 4) is 11.5 Å². The summed E-state index contributed by atoms with van der Waals surface area (Å²) in [5, 5.41) is 11.2. The number of sulfonamides is 1. The molecule has 3 aromatic rings. The first-order valence-corrected chi connectivity index (χ1v) is 20.6. The van der Waals surface area contributed by atoms with Gasteiger partial charge in [0.25, 0.3) is 15.9 Å². The zero-order chi connectivity index (χ0) is 42.2. The normalized spacial score (nSPS) is 11.5. The second-order valence-corrected chi connectivity index (χ2v) is 15.7. The highest BCUT2D eigenvalue weighted by molar-refractivity contribution is 7.92. The number of aryl methyl sites for hydroxylation is 1. The van der Waals surface area contributed by atoms with E-state index in [9.17, 15) is 27.6 Å². The van der Waals surface area contributed by atoms with E-state index < -0.39 is 27.5 Å². The van der Waals surface area contributed by atoms with Crippen LogP contribution in [0.25, 0.3) is 0 Å². The first-order valence-electron chi connectivity index (χ1n) is 19.1. The van der Waals surface area contributed by atoms with Gasteiger partial charge in [-0.2, -0.15) is 0 Å². The highest BCUT2D eigenvalue weighted by Gasteiger charge is 2.17. The van der Waals surface area contributed by atoms with E-state index in [-0.39, 0.29) is 87.2 Å². The minimum absolute atomic E-state index is 0.00328. The van der Waals surface area contributed by atoms with Crippen LogP contribution >= 0.6 is 0 Å². The third kappa shape index (κ3) is 20.5. The van der Waals surface area contributed by atoms with Gasteiger partial charge in [-0.3, -0.25) is 19.1 Å². The SMILES string of the molecule is CC(C)(C)OC(=O)CCCCCc1ccc(Oc2ccc(S(=O)(=O)Nc3ccc(C(=O)NCCOCCOCC(=O)CCCOCCOCC(=O)O)cn3)cc2)cc1. The number of Topliss-reactive ketones (excluding diaryl/α,β-unsaturated/α-hetero) is 1. The van der Waals surface area contributed by atoms with Crippen molar-refractivity contribution in [2.45, 2.75) is 76.2 Å². The maximum Gasteiger partial charge on any atom is 0.329 e. The van der Waals surface area contributed by atoms with Gasteiger partial charge in [0, 0.05) is 32.2 Å². The van der Waals surface area contributed by atoms with Crippen LogP contribution in [-0.2, 0) is 54.5 Å². The molecule has 318 valence electrons. The lowest BCUT2D eigenvalue weighted by Gasteiger charge is -2.19. The van der Waals surface area contributed by atoms with Crippen molar-refractivity contribution in [3.63, 3.8) is 0 Å². The topological polar surface area (TPSA) is 215 Å². The number of rotatable bonds is 29. The number of carbonyl (C=O) groups is 4. The Hall–Kier alpha value is -4.94. The second-order valence-electron chi connectivity index (χ2n) is 14.0. The number of pyridine rings is 1. The summed E-state index contributed by atoms with van der Waals surface area (Å²) in [4.78, 5) is 50.6. The number of anilines is 1. The molecule has 0 atom stereocenters. The van der Waals surface area contributed by atoms with Crippen molar-refractivity contribution < 1.29 is 61.1 Å². The van der Waals surface area contributed by atoms with Crippen molar-refractivity contribution >= 4 is 39.5 Å². The van der Waals surface area contributed by atoms with Crippen molar-refractivity contribution in [3.05, 3.63) is 78.0 Å². The summed E-state index contributed by atoms with van der Waals surface area (Å²) in [6, 6.07) is 16.5. The summed E-state index contributed by atoms with van der Waals surface area (Å²) >= 11 is 0.